The number of hydrogen-bond acceptors (Lipinski definition) is 4. The molecule has 1 aliphatic rings. The molecule has 1 unspecified atom stereocenters. The van der Waals surface area contributed by atoms with Crippen molar-refractivity contribution < 1.29 is 22.4 Å². The maximum Gasteiger partial charge on any atom is 0.270 e. The summed E-state index contributed by atoms with van der Waals surface area (Å²) >= 11 is 3.24. The van der Waals surface area contributed by atoms with E-state index in [9.17, 15) is 22.4 Å². The van der Waals surface area contributed by atoms with Crippen LogP contribution < -0.4 is 10.9 Å². The van der Waals surface area contributed by atoms with E-state index in [4.69, 9.17) is 0 Å². The fraction of sp³-hybridized carbons (Fsp3) is 0.222. The van der Waals surface area contributed by atoms with E-state index >= 15 is 0 Å². The van der Waals surface area contributed by atoms with Crippen LogP contribution in [0.2, 0.25) is 0 Å². The predicted octanol–water partition coefficient (Wildman–Crippen LogP) is 2.20. The average Bonchev–Trinajstić information content (AvgIpc) is 3.17. The number of hydrogen-bond donors (Lipinski definition) is 2. The number of nitrogens with zero attached hydrogens (tertiary/aromatic N) is 1. The Bertz CT molecular complexity index is 1020. The van der Waals surface area contributed by atoms with Gasteiger partial charge in [-0.2, -0.15) is 4.31 Å². The molecule has 1 saturated heterocycles. The summed E-state index contributed by atoms with van der Waals surface area (Å²) in [6.07, 6.45) is 0.717. The fourth-order valence-electron chi connectivity index (χ4n) is 2.98. The molecule has 10 heteroatoms. The summed E-state index contributed by atoms with van der Waals surface area (Å²) in [5, 5.41) is 0. The van der Waals surface area contributed by atoms with Crippen molar-refractivity contribution >= 4 is 37.8 Å². The Balaban J connectivity index is 1.72. The lowest BCUT2D eigenvalue weighted by molar-refractivity contribution is -0.125. The molecule has 0 aromatic heterocycles. The Labute approximate surface area is 170 Å². The lowest BCUT2D eigenvalue weighted by Crippen LogP contribution is -2.51. The van der Waals surface area contributed by atoms with Gasteiger partial charge in [0.2, 0.25) is 10.0 Å². The van der Waals surface area contributed by atoms with Gasteiger partial charge in [0.15, 0.2) is 0 Å². The molecule has 2 N–H and O–H groups in total. The van der Waals surface area contributed by atoms with Gasteiger partial charge < -0.3 is 0 Å². The summed E-state index contributed by atoms with van der Waals surface area (Å²) < 4.78 is 41.1. The monoisotopic (exact) mass is 469 g/mol. The molecule has 28 heavy (non-hydrogen) atoms. The van der Waals surface area contributed by atoms with E-state index in [0.29, 0.717) is 16.5 Å². The van der Waals surface area contributed by atoms with E-state index in [1.165, 1.54) is 12.1 Å². The number of hydrazine groups is 1. The molecule has 1 fully saturated rings. The second-order valence-electron chi connectivity index (χ2n) is 6.13. The Hall–Kier alpha value is -2.30. The summed E-state index contributed by atoms with van der Waals surface area (Å²) in [4.78, 5) is 24.2. The molecule has 2 aromatic rings. The van der Waals surface area contributed by atoms with Crippen LogP contribution in [0.1, 0.15) is 23.2 Å². The van der Waals surface area contributed by atoms with E-state index in [-0.39, 0.29) is 13.0 Å². The molecule has 0 spiro atoms. The Morgan fingerprint density at radius 2 is 1.75 bits per heavy atom. The zero-order chi connectivity index (χ0) is 20.3. The minimum atomic E-state index is -4.18. The fourth-order valence-corrected chi connectivity index (χ4v) is 5.17. The molecule has 0 aliphatic carbocycles. The SMILES string of the molecule is O=C(NNC(=O)C1CCCN1S(=O)(=O)c1ccccc1F)c1ccccc1Br. The number of carbonyl (C=O) groups is 2. The van der Waals surface area contributed by atoms with Gasteiger partial charge in [-0.15, -0.1) is 0 Å². The lowest BCUT2D eigenvalue weighted by atomic mass is 10.2. The largest absolute Gasteiger partial charge is 0.271 e. The maximum atomic E-state index is 14.0. The third kappa shape index (κ3) is 4.08. The highest BCUT2D eigenvalue weighted by molar-refractivity contribution is 9.10. The van der Waals surface area contributed by atoms with Crippen molar-refractivity contribution in [3.05, 3.63) is 64.4 Å². The molecule has 0 radical (unpaired) electrons. The van der Waals surface area contributed by atoms with Crippen molar-refractivity contribution in [2.75, 3.05) is 6.54 Å². The Kier molecular flexibility index (Phi) is 6.11. The summed E-state index contributed by atoms with van der Waals surface area (Å²) in [7, 11) is -4.18. The van der Waals surface area contributed by atoms with Gasteiger partial charge in [-0.05, 0) is 53.0 Å². The van der Waals surface area contributed by atoms with E-state index in [0.717, 1.165) is 16.4 Å². The van der Waals surface area contributed by atoms with Crippen molar-refractivity contribution in [1.82, 2.24) is 15.2 Å². The zero-order valence-electron chi connectivity index (χ0n) is 14.6. The van der Waals surface area contributed by atoms with Crippen molar-refractivity contribution in [1.29, 1.82) is 0 Å². The van der Waals surface area contributed by atoms with Gasteiger partial charge >= 0.3 is 0 Å². The number of amides is 2. The topological polar surface area (TPSA) is 95.6 Å². The third-order valence-electron chi connectivity index (χ3n) is 4.35. The van der Waals surface area contributed by atoms with Crippen LogP contribution in [-0.2, 0) is 14.8 Å². The standard InChI is InChI=1S/C18H17BrFN3O4S/c19-13-7-2-1-6-12(13)17(24)21-22-18(25)15-9-5-11-23(15)28(26,27)16-10-4-3-8-14(16)20/h1-4,6-8,10,15H,5,9,11H2,(H,21,24)(H,22,25). The van der Waals surface area contributed by atoms with Crippen molar-refractivity contribution in [3.8, 4) is 0 Å². The second-order valence-corrected chi connectivity index (χ2v) is 8.84. The van der Waals surface area contributed by atoms with Crippen molar-refractivity contribution in [2.24, 2.45) is 0 Å². The second kappa shape index (κ2) is 8.38. The van der Waals surface area contributed by atoms with Crippen molar-refractivity contribution in [2.45, 2.75) is 23.8 Å². The number of benzene rings is 2. The smallest absolute Gasteiger partial charge is 0.270 e. The van der Waals surface area contributed by atoms with Gasteiger partial charge in [-0.25, -0.2) is 12.8 Å². The number of nitrogens with one attached hydrogen (secondary N) is 2. The van der Waals surface area contributed by atoms with Crippen LogP contribution in [0.15, 0.2) is 57.9 Å². The zero-order valence-corrected chi connectivity index (χ0v) is 17.0. The van der Waals surface area contributed by atoms with E-state index in [1.807, 2.05) is 0 Å². The first kappa shape index (κ1) is 20.4. The highest BCUT2D eigenvalue weighted by atomic mass is 79.9. The van der Waals surface area contributed by atoms with Crippen LogP contribution in [0.3, 0.4) is 0 Å². The van der Waals surface area contributed by atoms with E-state index in [2.05, 4.69) is 26.8 Å². The molecule has 0 saturated carbocycles. The Morgan fingerprint density at radius 3 is 2.46 bits per heavy atom. The number of carbonyl (C=O) groups excluding carboxylic acids is 2. The van der Waals surface area contributed by atoms with Crippen LogP contribution in [0.25, 0.3) is 0 Å². The first-order valence-corrected chi connectivity index (χ1v) is 10.7. The van der Waals surface area contributed by atoms with Gasteiger partial charge in [0, 0.05) is 11.0 Å². The summed E-state index contributed by atoms with van der Waals surface area (Å²) in [6.45, 7) is 0.0902. The molecule has 2 amide bonds. The number of rotatable bonds is 4. The molecule has 1 heterocycles. The van der Waals surface area contributed by atoms with Crippen LogP contribution in [0.5, 0.6) is 0 Å². The quantitative estimate of drug-likeness (QED) is 0.670. The lowest BCUT2D eigenvalue weighted by Gasteiger charge is -2.23. The van der Waals surface area contributed by atoms with E-state index in [1.54, 1.807) is 24.3 Å². The molecule has 2 aromatic carbocycles. The first-order valence-electron chi connectivity index (χ1n) is 8.43. The minimum Gasteiger partial charge on any atom is -0.271 e. The summed E-state index contributed by atoms with van der Waals surface area (Å²) in [5.41, 5.74) is 4.84. The molecule has 3 rings (SSSR count). The number of sulfonamides is 1. The first-order chi connectivity index (χ1) is 13.3. The van der Waals surface area contributed by atoms with Crippen LogP contribution >= 0.6 is 15.9 Å². The van der Waals surface area contributed by atoms with Crippen LogP contribution in [0.4, 0.5) is 4.39 Å². The van der Waals surface area contributed by atoms with Crippen LogP contribution in [-0.4, -0.2) is 37.1 Å². The van der Waals surface area contributed by atoms with E-state index < -0.39 is 38.6 Å². The minimum absolute atomic E-state index is 0.0902. The molecular weight excluding hydrogens is 453 g/mol. The molecule has 1 atom stereocenters. The summed E-state index contributed by atoms with van der Waals surface area (Å²) in [6, 6.07) is 10.6. The third-order valence-corrected chi connectivity index (χ3v) is 6.98. The molecule has 148 valence electrons. The van der Waals surface area contributed by atoms with Gasteiger partial charge in [0.05, 0.1) is 5.56 Å². The van der Waals surface area contributed by atoms with Gasteiger partial charge in [-0.1, -0.05) is 24.3 Å². The van der Waals surface area contributed by atoms with Gasteiger partial charge in [-0.3, -0.25) is 20.4 Å². The average molecular weight is 470 g/mol. The highest BCUT2D eigenvalue weighted by Crippen LogP contribution is 2.27. The van der Waals surface area contributed by atoms with Crippen LogP contribution in [0, 0.1) is 5.82 Å². The van der Waals surface area contributed by atoms with Gasteiger partial charge in [0.25, 0.3) is 11.8 Å². The Morgan fingerprint density at radius 1 is 1.07 bits per heavy atom. The van der Waals surface area contributed by atoms with Crippen molar-refractivity contribution in [3.63, 3.8) is 0 Å². The van der Waals surface area contributed by atoms with Gasteiger partial charge in [0.1, 0.15) is 16.8 Å². The molecule has 7 nitrogen and oxygen atoms in total. The number of halogens is 2. The predicted molar refractivity (Wildman–Crippen MR) is 103 cm³/mol. The molecule has 1 aliphatic heterocycles. The maximum absolute atomic E-state index is 14.0. The molecule has 0 bridgehead atoms. The normalized spacial score (nSPS) is 17.3. The molecular formula is C18H17BrFN3O4S. The highest BCUT2D eigenvalue weighted by Gasteiger charge is 2.40. The summed E-state index contributed by atoms with van der Waals surface area (Å²) in [5.74, 6) is -2.11.